The van der Waals surface area contributed by atoms with Crippen LogP contribution in [0.2, 0.25) is 0 Å². The van der Waals surface area contributed by atoms with Crippen molar-refractivity contribution in [3.05, 3.63) is 86.5 Å². The van der Waals surface area contributed by atoms with Crippen molar-refractivity contribution in [2.75, 3.05) is 0 Å². The van der Waals surface area contributed by atoms with Crippen molar-refractivity contribution >= 4 is 29.0 Å². The zero-order valence-electron chi connectivity index (χ0n) is 16.7. The number of nitrogens with zero attached hydrogens (tertiary/aromatic N) is 2. The van der Waals surface area contributed by atoms with Crippen LogP contribution in [0.1, 0.15) is 48.1 Å². The van der Waals surface area contributed by atoms with Crippen LogP contribution in [0.3, 0.4) is 0 Å². The number of amides is 1. The predicted molar refractivity (Wildman–Crippen MR) is 111 cm³/mol. The minimum absolute atomic E-state index is 0.0473. The second kappa shape index (κ2) is 7.84. The highest BCUT2D eigenvalue weighted by atomic mass is 32.1. The first-order valence-corrected chi connectivity index (χ1v) is 10.2. The molecule has 3 aromatic rings. The van der Waals surface area contributed by atoms with Crippen LogP contribution in [-0.4, -0.2) is 37.8 Å². The fourth-order valence-electron chi connectivity index (χ4n) is 3.61. The Labute approximate surface area is 181 Å². The number of hydrogen-bond acceptors (Lipinski definition) is 7. The van der Waals surface area contributed by atoms with Gasteiger partial charge in [-0.25, -0.2) is 9.78 Å². The molecule has 8 nitrogen and oxygen atoms in total. The summed E-state index contributed by atoms with van der Waals surface area (Å²) < 4.78 is 5.50. The molecule has 1 atom stereocenters. The van der Waals surface area contributed by atoms with Crippen molar-refractivity contribution in [1.82, 2.24) is 9.88 Å². The lowest BCUT2D eigenvalue weighted by atomic mass is 9.99. The molecular weight excluding hydrogens is 420 g/mol. The quantitative estimate of drug-likeness (QED) is 0.561. The Hall–Kier alpha value is -3.72. The van der Waals surface area contributed by atoms with Gasteiger partial charge in [-0.2, -0.15) is 0 Å². The molecule has 31 heavy (non-hydrogen) atoms. The van der Waals surface area contributed by atoms with Gasteiger partial charge in [0.25, 0.3) is 5.91 Å². The third-order valence-electron chi connectivity index (χ3n) is 5.02. The molecule has 1 amide bonds. The average Bonchev–Trinajstić information content (AvgIpc) is 3.43. The number of carbonyl (C=O) groups excluding carboxylic acids is 2. The van der Waals surface area contributed by atoms with Crippen molar-refractivity contribution in [1.29, 1.82) is 0 Å². The first-order chi connectivity index (χ1) is 14.8. The largest absolute Gasteiger partial charge is 0.503 e. The number of carboxylic acids is 1. The maximum absolute atomic E-state index is 13.3. The topological polar surface area (TPSA) is 121 Å². The number of thiazole rings is 1. The molecule has 2 aromatic heterocycles. The number of aliphatic hydroxyl groups is 1. The van der Waals surface area contributed by atoms with Gasteiger partial charge >= 0.3 is 5.97 Å². The SMILES string of the molecule is Cc1nc(C)c(C(=O)C2=C(O)C(=O)N(Cc3ccc(C(=O)O)cc3)C2c2ccco2)s1. The number of furan rings is 1. The van der Waals surface area contributed by atoms with Crippen LogP contribution in [0.15, 0.2) is 58.4 Å². The molecule has 0 radical (unpaired) electrons. The number of carboxylic acid groups (broad SMARTS) is 1. The third-order valence-corrected chi connectivity index (χ3v) is 6.10. The van der Waals surface area contributed by atoms with Crippen molar-refractivity contribution in [2.45, 2.75) is 26.4 Å². The van der Waals surface area contributed by atoms with E-state index in [1.165, 1.54) is 34.6 Å². The fraction of sp³-hybridized carbons (Fsp3) is 0.182. The van der Waals surface area contributed by atoms with Gasteiger partial charge in [0.2, 0.25) is 5.78 Å². The van der Waals surface area contributed by atoms with Crippen molar-refractivity contribution < 1.29 is 29.0 Å². The van der Waals surface area contributed by atoms with E-state index >= 15 is 0 Å². The van der Waals surface area contributed by atoms with Gasteiger partial charge in [0.1, 0.15) is 11.8 Å². The van der Waals surface area contributed by atoms with Gasteiger partial charge in [-0.05, 0) is 43.7 Å². The number of aromatic carboxylic acids is 1. The summed E-state index contributed by atoms with van der Waals surface area (Å²) in [4.78, 5) is 43.3. The standard InChI is InChI=1S/C22H18N2O6S/c1-11-20(31-12(2)23-11)18(25)16-17(15-4-3-9-30-15)24(21(27)19(16)26)10-13-5-7-14(8-6-13)22(28)29/h3-9,17,26H,10H2,1-2H3,(H,28,29). The molecule has 0 spiro atoms. The van der Waals surface area contributed by atoms with E-state index in [2.05, 4.69) is 4.98 Å². The van der Waals surface area contributed by atoms with Gasteiger partial charge in [0, 0.05) is 6.54 Å². The van der Waals surface area contributed by atoms with Crippen LogP contribution in [0.25, 0.3) is 0 Å². The molecule has 0 saturated heterocycles. The third kappa shape index (κ3) is 3.64. The molecule has 3 heterocycles. The molecule has 0 fully saturated rings. The average molecular weight is 438 g/mol. The van der Waals surface area contributed by atoms with Gasteiger partial charge in [0.05, 0.1) is 33.0 Å². The van der Waals surface area contributed by atoms with E-state index in [1.54, 1.807) is 38.1 Å². The van der Waals surface area contributed by atoms with Crippen LogP contribution in [0.4, 0.5) is 0 Å². The molecule has 4 rings (SSSR count). The summed E-state index contributed by atoms with van der Waals surface area (Å²) in [5, 5.41) is 20.4. The maximum Gasteiger partial charge on any atom is 0.335 e. The number of Topliss-reactive ketones (excluding diaryl/α,β-unsaturated/α-hetero) is 1. The van der Waals surface area contributed by atoms with Gasteiger partial charge < -0.3 is 19.5 Å². The lowest BCUT2D eigenvalue weighted by molar-refractivity contribution is -0.130. The maximum atomic E-state index is 13.3. The minimum Gasteiger partial charge on any atom is -0.503 e. The van der Waals surface area contributed by atoms with Crippen molar-refractivity contribution in [3.8, 4) is 0 Å². The summed E-state index contributed by atoms with van der Waals surface area (Å²) in [5.41, 5.74) is 1.23. The summed E-state index contributed by atoms with van der Waals surface area (Å²) in [6.07, 6.45) is 1.43. The molecule has 0 aliphatic carbocycles. The summed E-state index contributed by atoms with van der Waals surface area (Å²) in [6.45, 7) is 3.53. The fourth-order valence-corrected chi connectivity index (χ4v) is 4.48. The number of carbonyl (C=O) groups is 3. The molecule has 1 aliphatic heterocycles. The lowest BCUT2D eigenvalue weighted by Gasteiger charge is -2.25. The molecule has 2 N–H and O–H groups in total. The van der Waals surface area contributed by atoms with Crippen LogP contribution >= 0.6 is 11.3 Å². The first kappa shape index (κ1) is 20.5. The van der Waals surface area contributed by atoms with Crippen LogP contribution in [-0.2, 0) is 11.3 Å². The Bertz CT molecular complexity index is 1210. The van der Waals surface area contributed by atoms with E-state index in [0.717, 1.165) is 0 Å². The van der Waals surface area contributed by atoms with E-state index in [4.69, 9.17) is 9.52 Å². The first-order valence-electron chi connectivity index (χ1n) is 9.36. The second-order valence-electron chi connectivity index (χ2n) is 7.09. The molecule has 1 aromatic carbocycles. The van der Waals surface area contributed by atoms with Crippen LogP contribution in [0.5, 0.6) is 0 Å². The highest BCUT2D eigenvalue weighted by Gasteiger charge is 2.45. The zero-order valence-corrected chi connectivity index (χ0v) is 17.5. The van der Waals surface area contributed by atoms with Crippen molar-refractivity contribution in [3.63, 3.8) is 0 Å². The van der Waals surface area contributed by atoms with Crippen LogP contribution in [0, 0.1) is 13.8 Å². The summed E-state index contributed by atoms with van der Waals surface area (Å²) in [7, 11) is 0. The van der Waals surface area contributed by atoms with Gasteiger partial charge in [-0.3, -0.25) is 9.59 Å². The van der Waals surface area contributed by atoms with E-state index in [-0.39, 0.29) is 17.7 Å². The zero-order chi connectivity index (χ0) is 22.3. The van der Waals surface area contributed by atoms with E-state index in [0.29, 0.717) is 26.9 Å². The van der Waals surface area contributed by atoms with Gasteiger partial charge in [-0.15, -0.1) is 11.3 Å². The highest BCUT2D eigenvalue weighted by Crippen LogP contribution is 2.41. The molecule has 0 saturated carbocycles. The number of aryl methyl sites for hydroxylation is 2. The second-order valence-corrected chi connectivity index (χ2v) is 8.30. The molecule has 9 heteroatoms. The Morgan fingerprint density at radius 1 is 1.19 bits per heavy atom. The number of hydrogen-bond donors (Lipinski definition) is 2. The summed E-state index contributed by atoms with van der Waals surface area (Å²) in [5.74, 6) is -2.52. The Morgan fingerprint density at radius 2 is 1.90 bits per heavy atom. The van der Waals surface area contributed by atoms with Gasteiger partial charge in [-0.1, -0.05) is 12.1 Å². The summed E-state index contributed by atoms with van der Waals surface area (Å²) in [6, 6.07) is 8.39. The van der Waals surface area contributed by atoms with Crippen molar-refractivity contribution in [2.24, 2.45) is 0 Å². The van der Waals surface area contributed by atoms with E-state index < -0.39 is 29.5 Å². The van der Waals surface area contributed by atoms with Gasteiger partial charge in [0.15, 0.2) is 5.76 Å². The number of aliphatic hydroxyl groups excluding tert-OH is 1. The molecule has 1 aliphatic rings. The van der Waals surface area contributed by atoms with E-state index in [9.17, 15) is 19.5 Å². The normalized spacial score (nSPS) is 16.3. The highest BCUT2D eigenvalue weighted by molar-refractivity contribution is 7.14. The number of ketones is 1. The Morgan fingerprint density at radius 3 is 2.45 bits per heavy atom. The smallest absolute Gasteiger partial charge is 0.335 e. The molecule has 1 unspecified atom stereocenters. The minimum atomic E-state index is -1.06. The van der Waals surface area contributed by atoms with E-state index in [1.807, 2.05) is 0 Å². The number of rotatable bonds is 6. The monoisotopic (exact) mass is 438 g/mol. The molecule has 158 valence electrons. The summed E-state index contributed by atoms with van der Waals surface area (Å²) >= 11 is 1.20. The molecular formula is C22H18N2O6S. The van der Waals surface area contributed by atoms with Crippen LogP contribution < -0.4 is 0 Å². The number of aromatic nitrogens is 1. The molecule has 0 bridgehead atoms. The Balaban J connectivity index is 1.73. The number of benzene rings is 1. The lowest BCUT2D eigenvalue weighted by Crippen LogP contribution is -2.30. The Kier molecular flexibility index (Phi) is 5.20. The predicted octanol–water partition coefficient (Wildman–Crippen LogP) is 3.83.